The molecule has 0 saturated heterocycles. The lowest BCUT2D eigenvalue weighted by molar-refractivity contribution is -0.136. The number of rotatable bonds is 2. The average molecular weight is 394 g/mol. The molecule has 0 aromatic heterocycles. The van der Waals surface area contributed by atoms with Crippen LogP contribution in [0.5, 0.6) is 0 Å². The fourth-order valence-electron chi connectivity index (χ4n) is 3.39. The van der Waals surface area contributed by atoms with Crippen LogP contribution in [0.15, 0.2) is 45.2 Å². The molecule has 1 aliphatic carbocycles. The molecule has 1 aromatic carbocycles. The Hall–Kier alpha value is -1.95. The van der Waals surface area contributed by atoms with E-state index in [0.717, 1.165) is 18.5 Å². The number of hydrogen-bond donors (Lipinski definition) is 1. The second-order valence-electron chi connectivity index (χ2n) is 5.93. The predicted molar refractivity (Wildman–Crippen MR) is 90.6 cm³/mol. The van der Waals surface area contributed by atoms with Crippen LogP contribution in [0.1, 0.15) is 37.7 Å². The van der Waals surface area contributed by atoms with Crippen molar-refractivity contribution in [3.8, 4) is 0 Å². The van der Waals surface area contributed by atoms with E-state index in [4.69, 9.17) is 4.74 Å². The zero-order valence-corrected chi connectivity index (χ0v) is 15.0. The van der Waals surface area contributed by atoms with Crippen molar-refractivity contribution < 1.29 is 18.7 Å². The van der Waals surface area contributed by atoms with Gasteiger partial charge in [-0.25, -0.2) is 9.18 Å². The molecular formula is C18H17BrFNO3. The number of nitrogens with one attached hydrogen (secondary N) is 1. The van der Waals surface area contributed by atoms with Gasteiger partial charge in [0, 0.05) is 29.3 Å². The third kappa shape index (κ3) is 2.79. The molecule has 0 spiro atoms. The molecule has 0 radical (unpaired) electrons. The molecule has 1 heterocycles. The smallest absolute Gasteiger partial charge is 0.336 e. The highest BCUT2D eigenvalue weighted by Gasteiger charge is 2.39. The first kappa shape index (κ1) is 16.9. The van der Waals surface area contributed by atoms with Crippen LogP contribution in [0.3, 0.4) is 0 Å². The number of methoxy groups -OCH3 is 1. The van der Waals surface area contributed by atoms with Crippen molar-refractivity contribution in [2.24, 2.45) is 0 Å². The maximum absolute atomic E-state index is 13.6. The summed E-state index contributed by atoms with van der Waals surface area (Å²) in [5.41, 5.74) is 3.19. The van der Waals surface area contributed by atoms with Crippen LogP contribution in [0.4, 0.5) is 4.39 Å². The van der Waals surface area contributed by atoms with Crippen LogP contribution < -0.4 is 5.32 Å². The number of esters is 1. The number of benzene rings is 1. The molecule has 1 aromatic rings. The standard InChI is InChI=1S/C18H17BrFNO3/c1-9-15(18(23)24-2)16(10-6-7-12(20)11(19)8-10)17-13(21-9)4-3-5-14(17)22/h6-8,16,21H,3-5H2,1-2H3/t16-/m1/s1. The Morgan fingerprint density at radius 1 is 1.38 bits per heavy atom. The highest BCUT2D eigenvalue weighted by atomic mass is 79.9. The molecule has 4 nitrogen and oxygen atoms in total. The summed E-state index contributed by atoms with van der Waals surface area (Å²) in [5, 5.41) is 3.19. The topological polar surface area (TPSA) is 55.4 Å². The van der Waals surface area contributed by atoms with Gasteiger partial charge in [0.15, 0.2) is 5.78 Å². The maximum atomic E-state index is 13.6. The lowest BCUT2D eigenvalue weighted by Crippen LogP contribution is -2.34. The van der Waals surface area contributed by atoms with Crippen molar-refractivity contribution in [3.05, 3.63) is 56.6 Å². The highest BCUT2D eigenvalue weighted by molar-refractivity contribution is 9.10. The minimum atomic E-state index is -0.543. The summed E-state index contributed by atoms with van der Waals surface area (Å²) >= 11 is 3.18. The molecule has 24 heavy (non-hydrogen) atoms. The number of Topliss-reactive ketones (excluding diaryl/α,β-unsaturated/α-hetero) is 1. The molecule has 0 saturated carbocycles. The molecule has 0 bridgehead atoms. The van der Waals surface area contributed by atoms with Gasteiger partial charge in [-0.05, 0) is 53.4 Å². The number of dihydropyridines is 1. The Balaban J connectivity index is 2.21. The van der Waals surface area contributed by atoms with E-state index in [2.05, 4.69) is 21.2 Å². The van der Waals surface area contributed by atoms with E-state index in [0.29, 0.717) is 33.3 Å². The maximum Gasteiger partial charge on any atom is 0.336 e. The number of hydrogen-bond acceptors (Lipinski definition) is 4. The number of ether oxygens (including phenoxy) is 1. The van der Waals surface area contributed by atoms with Crippen LogP contribution in [-0.4, -0.2) is 18.9 Å². The van der Waals surface area contributed by atoms with Crippen LogP contribution in [0.2, 0.25) is 0 Å². The van der Waals surface area contributed by atoms with Gasteiger partial charge in [0.05, 0.1) is 17.2 Å². The van der Waals surface area contributed by atoms with Crippen molar-refractivity contribution in [2.75, 3.05) is 7.11 Å². The molecule has 3 rings (SSSR count). The Labute approximate surface area is 147 Å². The first-order valence-corrected chi connectivity index (χ1v) is 8.50. The van der Waals surface area contributed by atoms with E-state index in [1.807, 2.05) is 0 Å². The Morgan fingerprint density at radius 3 is 2.79 bits per heavy atom. The summed E-state index contributed by atoms with van der Waals surface area (Å²) < 4.78 is 18.9. The SMILES string of the molecule is COC(=O)C1=C(C)NC2=C(C(=O)CCC2)[C@@H]1c1ccc(F)c(Br)c1. The summed E-state index contributed by atoms with van der Waals surface area (Å²) in [4.78, 5) is 24.9. The lowest BCUT2D eigenvalue weighted by Gasteiger charge is -2.34. The van der Waals surface area contributed by atoms with Gasteiger partial charge in [-0.2, -0.15) is 0 Å². The molecule has 1 N–H and O–H groups in total. The van der Waals surface area contributed by atoms with Gasteiger partial charge >= 0.3 is 5.97 Å². The second-order valence-corrected chi connectivity index (χ2v) is 6.79. The van der Waals surface area contributed by atoms with Crippen molar-refractivity contribution >= 4 is 27.7 Å². The van der Waals surface area contributed by atoms with Crippen molar-refractivity contribution in [1.82, 2.24) is 5.32 Å². The predicted octanol–water partition coefficient (Wildman–Crippen LogP) is 3.73. The molecule has 0 amide bonds. The minimum absolute atomic E-state index is 0.0168. The summed E-state index contributed by atoms with van der Waals surface area (Å²) in [6.07, 6.45) is 1.99. The molecule has 2 aliphatic rings. The van der Waals surface area contributed by atoms with E-state index >= 15 is 0 Å². The number of halogens is 2. The largest absolute Gasteiger partial charge is 0.466 e. The van der Waals surface area contributed by atoms with Gasteiger partial charge in [0.1, 0.15) is 5.82 Å². The number of allylic oxidation sites excluding steroid dienone is 3. The third-order valence-corrected chi connectivity index (χ3v) is 5.07. The van der Waals surface area contributed by atoms with Gasteiger partial charge in [-0.15, -0.1) is 0 Å². The van der Waals surface area contributed by atoms with Crippen LogP contribution in [0.25, 0.3) is 0 Å². The highest BCUT2D eigenvalue weighted by Crippen LogP contribution is 2.43. The van der Waals surface area contributed by atoms with Gasteiger partial charge in [0.2, 0.25) is 0 Å². The zero-order valence-electron chi connectivity index (χ0n) is 13.4. The van der Waals surface area contributed by atoms with Crippen LogP contribution in [-0.2, 0) is 14.3 Å². The number of carbonyl (C=O) groups excluding carboxylic acids is 2. The quantitative estimate of drug-likeness (QED) is 0.777. The first-order valence-electron chi connectivity index (χ1n) is 7.71. The Kier molecular flexibility index (Phi) is 4.58. The van der Waals surface area contributed by atoms with Gasteiger partial charge in [0.25, 0.3) is 0 Å². The third-order valence-electron chi connectivity index (χ3n) is 4.46. The van der Waals surface area contributed by atoms with E-state index < -0.39 is 17.7 Å². The van der Waals surface area contributed by atoms with Crippen LogP contribution >= 0.6 is 15.9 Å². The zero-order chi connectivity index (χ0) is 17.4. The average Bonchev–Trinajstić information content (AvgIpc) is 2.55. The molecule has 126 valence electrons. The van der Waals surface area contributed by atoms with Crippen molar-refractivity contribution in [2.45, 2.75) is 32.1 Å². The monoisotopic (exact) mass is 393 g/mol. The van der Waals surface area contributed by atoms with E-state index in [1.165, 1.54) is 13.2 Å². The molecule has 1 atom stereocenters. The molecular weight excluding hydrogens is 377 g/mol. The summed E-state index contributed by atoms with van der Waals surface area (Å²) in [6, 6.07) is 4.56. The number of carbonyl (C=O) groups is 2. The van der Waals surface area contributed by atoms with Crippen molar-refractivity contribution in [3.63, 3.8) is 0 Å². The fraction of sp³-hybridized carbons (Fsp3) is 0.333. The minimum Gasteiger partial charge on any atom is -0.466 e. The van der Waals surface area contributed by atoms with Gasteiger partial charge in [-0.1, -0.05) is 6.07 Å². The van der Waals surface area contributed by atoms with E-state index in [9.17, 15) is 14.0 Å². The molecule has 0 unspecified atom stereocenters. The fourth-order valence-corrected chi connectivity index (χ4v) is 3.79. The Bertz CT molecular complexity index is 797. The van der Waals surface area contributed by atoms with Gasteiger partial charge < -0.3 is 10.1 Å². The normalized spacial score (nSPS) is 20.7. The first-order chi connectivity index (χ1) is 11.4. The second kappa shape index (κ2) is 6.51. The Morgan fingerprint density at radius 2 is 2.12 bits per heavy atom. The van der Waals surface area contributed by atoms with Gasteiger partial charge in [-0.3, -0.25) is 4.79 Å². The van der Waals surface area contributed by atoms with E-state index in [1.54, 1.807) is 19.1 Å². The summed E-state index contributed by atoms with van der Waals surface area (Å²) in [6.45, 7) is 1.79. The lowest BCUT2D eigenvalue weighted by atomic mass is 9.75. The summed E-state index contributed by atoms with van der Waals surface area (Å²) in [5.74, 6) is -1.41. The molecule has 0 fully saturated rings. The number of ketones is 1. The van der Waals surface area contributed by atoms with Crippen molar-refractivity contribution in [1.29, 1.82) is 0 Å². The molecule has 1 aliphatic heterocycles. The van der Waals surface area contributed by atoms with E-state index in [-0.39, 0.29) is 5.78 Å². The van der Waals surface area contributed by atoms with Crippen LogP contribution in [0, 0.1) is 5.82 Å². The summed E-state index contributed by atoms with van der Waals surface area (Å²) in [7, 11) is 1.31. The molecule has 6 heteroatoms.